The van der Waals surface area contributed by atoms with E-state index in [1.807, 2.05) is 18.2 Å². The van der Waals surface area contributed by atoms with E-state index in [-0.39, 0.29) is 11.1 Å². The van der Waals surface area contributed by atoms with Crippen LogP contribution < -0.4 is 5.73 Å². The van der Waals surface area contributed by atoms with Gasteiger partial charge in [0.1, 0.15) is 10.8 Å². The van der Waals surface area contributed by atoms with Crippen molar-refractivity contribution >= 4 is 29.3 Å². The van der Waals surface area contributed by atoms with E-state index >= 15 is 0 Å². The monoisotopic (exact) mass is 497 g/mol. The Morgan fingerprint density at radius 1 is 1.06 bits per heavy atom. The summed E-state index contributed by atoms with van der Waals surface area (Å²) in [5.74, 6) is 1.31. The number of nitrogen functional groups attached to an aromatic ring is 1. The first-order valence-electron chi connectivity index (χ1n) is 10.9. The number of halogens is 3. The fourth-order valence-corrected chi connectivity index (χ4v) is 5.07. The molecule has 0 radical (unpaired) electrons. The summed E-state index contributed by atoms with van der Waals surface area (Å²) in [6.45, 7) is -2.77. The molecule has 174 valence electrons. The zero-order valence-corrected chi connectivity index (χ0v) is 19.7. The van der Waals surface area contributed by atoms with Crippen LogP contribution in [0.4, 0.5) is 14.7 Å². The maximum Gasteiger partial charge on any atom is 0.333 e. The van der Waals surface area contributed by atoms with Gasteiger partial charge >= 0.3 is 6.55 Å². The number of alkyl halides is 2. The Hall–Kier alpha value is -2.97. The SMILES string of the molecule is Nc1nc(Cl)cc(-c2nn(C(F)F)cc2Cc2cc(CSc3ccccc3)ccc2C2CC2)n1. The fraction of sp³-hybridized carbons (Fsp3) is 0.240. The van der Waals surface area contributed by atoms with Crippen molar-refractivity contribution in [2.75, 3.05) is 5.73 Å². The van der Waals surface area contributed by atoms with Crippen molar-refractivity contribution < 1.29 is 8.78 Å². The van der Waals surface area contributed by atoms with Crippen LogP contribution in [0.1, 0.15) is 47.6 Å². The Kier molecular flexibility index (Phi) is 6.52. The molecule has 2 aromatic heterocycles. The number of anilines is 1. The van der Waals surface area contributed by atoms with Gasteiger partial charge in [-0.05, 0) is 47.6 Å². The molecule has 2 aromatic carbocycles. The first kappa shape index (κ1) is 22.8. The molecule has 2 heterocycles. The first-order chi connectivity index (χ1) is 16.5. The van der Waals surface area contributed by atoms with E-state index in [9.17, 15) is 8.78 Å². The molecule has 4 aromatic rings. The van der Waals surface area contributed by atoms with Crippen molar-refractivity contribution in [2.45, 2.75) is 42.4 Å². The molecule has 0 spiro atoms. The van der Waals surface area contributed by atoms with Gasteiger partial charge in [0.25, 0.3) is 0 Å². The van der Waals surface area contributed by atoms with Gasteiger partial charge in [-0.3, -0.25) is 0 Å². The highest BCUT2D eigenvalue weighted by molar-refractivity contribution is 7.98. The van der Waals surface area contributed by atoms with Crippen molar-refractivity contribution in [3.63, 3.8) is 0 Å². The Balaban J connectivity index is 1.49. The number of rotatable bonds is 8. The lowest BCUT2D eigenvalue weighted by atomic mass is 9.95. The minimum absolute atomic E-state index is 0.0290. The Labute approximate surface area is 205 Å². The smallest absolute Gasteiger partial charge is 0.333 e. The lowest BCUT2D eigenvalue weighted by Gasteiger charge is -2.12. The van der Waals surface area contributed by atoms with Crippen molar-refractivity contribution in [1.82, 2.24) is 19.7 Å². The normalized spacial score (nSPS) is 13.5. The van der Waals surface area contributed by atoms with Gasteiger partial charge in [0.2, 0.25) is 5.95 Å². The summed E-state index contributed by atoms with van der Waals surface area (Å²) in [5.41, 5.74) is 10.6. The summed E-state index contributed by atoms with van der Waals surface area (Å²) < 4.78 is 27.7. The molecule has 1 aliphatic rings. The molecule has 0 unspecified atom stereocenters. The zero-order valence-electron chi connectivity index (χ0n) is 18.2. The average molecular weight is 498 g/mol. The van der Waals surface area contributed by atoms with Crippen molar-refractivity contribution in [3.05, 3.63) is 88.2 Å². The third-order valence-electron chi connectivity index (χ3n) is 5.72. The molecule has 34 heavy (non-hydrogen) atoms. The van der Waals surface area contributed by atoms with Crippen LogP contribution >= 0.6 is 23.4 Å². The number of thioether (sulfide) groups is 1. The van der Waals surface area contributed by atoms with Gasteiger partial charge in [0.05, 0.1) is 5.69 Å². The molecule has 1 fully saturated rings. The molecule has 1 aliphatic carbocycles. The lowest BCUT2D eigenvalue weighted by Crippen LogP contribution is -2.01. The second-order valence-corrected chi connectivity index (χ2v) is 9.72. The predicted molar refractivity (Wildman–Crippen MR) is 131 cm³/mol. The number of benzene rings is 2. The van der Waals surface area contributed by atoms with Crippen LogP contribution in [-0.4, -0.2) is 19.7 Å². The van der Waals surface area contributed by atoms with E-state index in [0.717, 1.165) is 24.2 Å². The van der Waals surface area contributed by atoms with Crippen molar-refractivity contribution in [3.8, 4) is 11.4 Å². The lowest BCUT2D eigenvalue weighted by molar-refractivity contribution is 0.0567. The van der Waals surface area contributed by atoms with E-state index in [4.69, 9.17) is 17.3 Å². The largest absolute Gasteiger partial charge is 0.368 e. The van der Waals surface area contributed by atoms with Crippen LogP contribution in [0.5, 0.6) is 0 Å². The van der Waals surface area contributed by atoms with Crippen LogP contribution in [0, 0.1) is 0 Å². The molecular formula is C25H22ClF2N5S. The molecular weight excluding hydrogens is 476 g/mol. The minimum atomic E-state index is -2.77. The molecule has 5 rings (SSSR count). The zero-order chi connectivity index (χ0) is 23.7. The molecule has 0 saturated heterocycles. The average Bonchev–Trinajstić information content (AvgIpc) is 3.57. The number of hydrogen-bond donors (Lipinski definition) is 1. The summed E-state index contributed by atoms with van der Waals surface area (Å²) in [5, 5.41) is 4.24. The quantitative estimate of drug-likeness (QED) is 0.216. The Bertz CT molecular complexity index is 1290. The van der Waals surface area contributed by atoms with Crippen LogP contribution in [0.15, 0.2) is 65.7 Å². The second-order valence-electron chi connectivity index (χ2n) is 8.28. The minimum Gasteiger partial charge on any atom is -0.368 e. The molecule has 0 bridgehead atoms. The van der Waals surface area contributed by atoms with E-state index in [1.54, 1.807) is 11.8 Å². The molecule has 0 atom stereocenters. The molecule has 5 nitrogen and oxygen atoms in total. The van der Waals surface area contributed by atoms with Gasteiger partial charge in [-0.1, -0.05) is 48.0 Å². The summed E-state index contributed by atoms with van der Waals surface area (Å²) >= 11 is 7.82. The third kappa shape index (κ3) is 5.23. The number of nitrogens with zero attached hydrogens (tertiary/aromatic N) is 4. The number of nitrogens with two attached hydrogens (primary N) is 1. The maximum absolute atomic E-state index is 13.5. The van der Waals surface area contributed by atoms with Gasteiger partial charge < -0.3 is 5.73 Å². The highest BCUT2D eigenvalue weighted by Gasteiger charge is 2.27. The summed E-state index contributed by atoms with van der Waals surface area (Å²) in [6.07, 6.45) is 4.13. The third-order valence-corrected chi connectivity index (χ3v) is 6.99. The number of aromatic nitrogens is 4. The molecule has 9 heteroatoms. The topological polar surface area (TPSA) is 69.6 Å². The van der Waals surface area contributed by atoms with E-state index in [1.165, 1.54) is 28.3 Å². The van der Waals surface area contributed by atoms with Gasteiger partial charge in [-0.2, -0.15) is 13.9 Å². The standard InChI is InChI=1S/C25H22ClF2N5S/c26-22-12-21(30-25(29)31-22)23-18(13-33(32-23)24(27)28)11-17-10-15(6-9-20(17)16-7-8-16)14-34-19-4-2-1-3-5-19/h1-6,9-10,12-13,16,24H,7-8,11,14H2,(H2,29,30,31). The van der Waals surface area contributed by atoms with Crippen molar-refractivity contribution in [1.29, 1.82) is 0 Å². The summed E-state index contributed by atoms with van der Waals surface area (Å²) in [4.78, 5) is 9.26. The molecule has 0 aliphatic heterocycles. The fourth-order valence-electron chi connectivity index (χ4n) is 4.01. The first-order valence-corrected chi connectivity index (χ1v) is 12.3. The van der Waals surface area contributed by atoms with Crippen LogP contribution in [0.2, 0.25) is 5.15 Å². The van der Waals surface area contributed by atoms with E-state index < -0.39 is 6.55 Å². The van der Waals surface area contributed by atoms with E-state index in [0.29, 0.717) is 34.0 Å². The predicted octanol–water partition coefficient (Wildman–Crippen LogP) is 6.73. The van der Waals surface area contributed by atoms with Crippen LogP contribution in [-0.2, 0) is 12.2 Å². The number of hydrogen-bond acceptors (Lipinski definition) is 5. The maximum atomic E-state index is 13.5. The molecule has 1 saturated carbocycles. The summed E-state index contributed by atoms with van der Waals surface area (Å²) in [7, 11) is 0. The molecule has 2 N–H and O–H groups in total. The van der Waals surface area contributed by atoms with E-state index in [2.05, 4.69) is 45.4 Å². The van der Waals surface area contributed by atoms with Crippen molar-refractivity contribution in [2.24, 2.45) is 0 Å². The summed E-state index contributed by atoms with van der Waals surface area (Å²) in [6, 6.07) is 18.3. The second kappa shape index (κ2) is 9.72. The highest BCUT2D eigenvalue weighted by atomic mass is 35.5. The van der Waals surface area contributed by atoms with Gasteiger partial charge in [0, 0.05) is 34.9 Å². The van der Waals surface area contributed by atoms with Crippen LogP contribution in [0.25, 0.3) is 11.4 Å². The van der Waals surface area contributed by atoms with Gasteiger partial charge in [-0.25, -0.2) is 14.6 Å². The highest BCUT2D eigenvalue weighted by Crippen LogP contribution is 2.43. The van der Waals surface area contributed by atoms with Gasteiger partial charge in [-0.15, -0.1) is 11.8 Å². The van der Waals surface area contributed by atoms with Gasteiger partial charge in [0.15, 0.2) is 0 Å². The Morgan fingerprint density at radius 3 is 2.56 bits per heavy atom. The Morgan fingerprint density at radius 2 is 1.85 bits per heavy atom. The molecule has 0 amide bonds. The van der Waals surface area contributed by atoms with Crippen LogP contribution in [0.3, 0.4) is 0 Å².